The van der Waals surface area contributed by atoms with E-state index in [1.165, 1.54) is 0 Å². The zero-order chi connectivity index (χ0) is 47.5. The number of aliphatic hydroxyl groups excluding tert-OH is 7. The van der Waals surface area contributed by atoms with Crippen molar-refractivity contribution in [1.82, 2.24) is 0 Å². The van der Waals surface area contributed by atoms with Crippen molar-refractivity contribution >= 4 is 11.9 Å². The second-order valence-electron chi connectivity index (χ2n) is 15.6. The van der Waals surface area contributed by atoms with Crippen LogP contribution in [0.15, 0.2) is 109 Å². The lowest BCUT2D eigenvalue weighted by molar-refractivity contribution is -0.332. The number of allylic oxidation sites excluding steroid dienone is 18. The highest BCUT2D eigenvalue weighted by Crippen LogP contribution is 2.26. The van der Waals surface area contributed by atoms with Crippen molar-refractivity contribution in [2.45, 2.75) is 165 Å². The van der Waals surface area contributed by atoms with Gasteiger partial charge in [-0.15, -0.1) is 0 Å². The summed E-state index contributed by atoms with van der Waals surface area (Å²) in [6, 6.07) is 0. The highest BCUT2D eigenvalue weighted by Gasteiger charge is 2.47. The minimum absolute atomic E-state index is 0.0541. The molecule has 7 N–H and O–H groups in total. The van der Waals surface area contributed by atoms with E-state index in [0.29, 0.717) is 19.3 Å². The van der Waals surface area contributed by atoms with Gasteiger partial charge in [-0.25, -0.2) is 0 Å². The molecular weight excluding hydrogens is 841 g/mol. The Morgan fingerprint density at radius 2 is 1.02 bits per heavy atom. The molecular formula is C50H76O15. The van der Waals surface area contributed by atoms with Crippen LogP contribution in [0.1, 0.15) is 97.3 Å². The fraction of sp³-hybridized carbons (Fsp3) is 0.600. The summed E-state index contributed by atoms with van der Waals surface area (Å²) in [5.74, 6) is -1.06. The highest BCUT2D eigenvalue weighted by atomic mass is 16.7. The highest BCUT2D eigenvalue weighted by molar-refractivity contribution is 5.70. The Labute approximate surface area is 385 Å². The second kappa shape index (κ2) is 36.3. The molecule has 2 saturated heterocycles. The quantitative estimate of drug-likeness (QED) is 0.0199. The van der Waals surface area contributed by atoms with Gasteiger partial charge in [-0.1, -0.05) is 130 Å². The molecule has 2 aliphatic heterocycles. The van der Waals surface area contributed by atoms with Crippen LogP contribution in [0.3, 0.4) is 0 Å². The van der Waals surface area contributed by atoms with E-state index in [0.717, 1.165) is 51.4 Å². The van der Waals surface area contributed by atoms with Crippen molar-refractivity contribution in [3.8, 4) is 0 Å². The summed E-state index contributed by atoms with van der Waals surface area (Å²) >= 11 is 0. The number of ether oxygens (including phenoxy) is 6. The molecule has 0 aromatic heterocycles. The van der Waals surface area contributed by atoms with E-state index < -0.39 is 99.3 Å². The molecule has 0 aromatic rings. The summed E-state index contributed by atoms with van der Waals surface area (Å²) in [7, 11) is 0. The molecule has 65 heavy (non-hydrogen) atoms. The molecule has 0 bridgehead atoms. The summed E-state index contributed by atoms with van der Waals surface area (Å²) in [5.41, 5.74) is 0. The van der Waals surface area contributed by atoms with Crippen molar-refractivity contribution in [3.05, 3.63) is 109 Å². The van der Waals surface area contributed by atoms with Crippen molar-refractivity contribution in [3.63, 3.8) is 0 Å². The molecule has 0 radical (unpaired) electrons. The molecule has 0 amide bonds. The first-order valence-corrected chi connectivity index (χ1v) is 23.0. The topological polar surface area (TPSA) is 231 Å². The van der Waals surface area contributed by atoms with Gasteiger partial charge in [0.1, 0.15) is 55.4 Å². The minimum atomic E-state index is -1.79. The molecule has 0 aromatic carbocycles. The normalized spacial score (nSPS) is 27.4. The van der Waals surface area contributed by atoms with Crippen molar-refractivity contribution in [1.29, 1.82) is 0 Å². The van der Waals surface area contributed by atoms with Gasteiger partial charge in [0.15, 0.2) is 18.7 Å². The molecule has 11 atom stereocenters. The maximum Gasteiger partial charge on any atom is 0.306 e. The van der Waals surface area contributed by atoms with Gasteiger partial charge in [0.2, 0.25) is 0 Å². The molecule has 2 fully saturated rings. The Hall–Kier alpha value is -3.84. The average Bonchev–Trinajstić information content (AvgIpc) is 3.30. The van der Waals surface area contributed by atoms with Gasteiger partial charge in [0.05, 0.1) is 19.8 Å². The van der Waals surface area contributed by atoms with Crippen LogP contribution in [0.4, 0.5) is 0 Å². The van der Waals surface area contributed by atoms with Crippen LogP contribution < -0.4 is 0 Å². The van der Waals surface area contributed by atoms with Crippen LogP contribution in [0.25, 0.3) is 0 Å². The Bertz CT molecular complexity index is 1550. The number of carbonyl (C=O) groups is 2. The van der Waals surface area contributed by atoms with Crippen molar-refractivity contribution in [2.24, 2.45) is 0 Å². The summed E-state index contributed by atoms with van der Waals surface area (Å²) in [5, 5.41) is 71.9. The number of esters is 2. The maximum absolute atomic E-state index is 12.9. The molecule has 0 spiro atoms. The number of carbonyl (C=O) groups excluding carboxylic acids is 2. The third-order valence-electron chi connectivity index (χ3n) is 10.1. The zero-order valence-electron chi connectivity index (χ0n) is 38.2. The Morgan fingerprint density at radius 3 is 1.63 bits per heavy atom. The van der Waals surface area contributed by atoms with E-state index in [9.17, 15) is 45.3 Å². The first-order valence-electron chi connectivity index (χ1n) is 23.0. The number of hydrogen-bond donors (Lipinski definition) is 7. The number of unbranched alkanes of at least 4 members (excludes halogenated alkanes) is 4. The molecule has 2 heterocycles. The lowest BCUT2D eigenvalue weighted by Gasteiger charge is -2.42. The first kappa shape index (κ1) is 57.3. The summed E-state index contributed by atoms with van der Waals surface area (Å²) in [6.07, 6.45) is 28.6. The smallest absolute Gasteiger partial charge is 0.306 e. The van der Waals surface area contributed by atoms with Crippen LogP contribution in [0.5, 0.6) is 0 Å². The molecule has 5 unspecified atom stereocenters. The molecule has 15 nitrogen and oxygen atoms in total. The predicted molar refractivity (Wildman–Crippen MR) is 247 cm³/mol. The maximum atomic E-state index is 12.9. The van der Waals surface area contributed by atoms with Gasteiger partial charge in [-0.3, -0.25) is 9.59 Å². The van der Waals surface area contributed by atoms with Gasteiger partial charge >= 0.3 is 11.9 Å². The van der Waals surface area contributed by atoms with Crippen LogP contribution in [-0.4, -0.2) is 142 Å². The van der Waals surface area contributed by atoms with E-state index >= 15 is 0 Å². The lowest BCUT2D eigenvalue weighted by Crippen LogP contribution is -2.61. The summed E-state index contributed by atoms with van der Waals surface area (Å²) in [6.45, 7) is 2.16. The second-order valence-corrected chi connectivity index (χ2v) is 15.6. The molecule has 2 rings (SSSR count). The van der Waals surface area contributed by atoms with Crippen molar-refractivity contribution in [2.75, 3.05) is 26.4 Å². The number of aliphatic hydroxyl groups is 7. The molecule has 15 heteroatoms. The average molecular weight is 917 g/mol. The van der Waals surface area contributed by atoms with Crippen LogP contribution >= 0.6 is 0 Å². The largest absolute Gasteiger partial charge is 0.462 e. The SMILES string of the molecule is CC/C=C/C=C/C=C/C=C/C=C/CCCC(=O)OC(COC(=O)CCCCC/C=C/C/C=C/C/C=C/C/C=C/CC)CO[C@@H]1O[C@H](CO[C@@H]2O[C@H](CO)[C@H](O)C(O)C2O)[C@H](O)C(O)C1O. The van der Waals surface area contributed by atoms with E-state index in [2.05, 4.69) is 68.5 Å². The third kappa shape index (κ3) is 25.0. The van der Waals surface area contributed by atoms with Gasteiger partial charge in [0.25, 0.3) is 0 Å². The predicted octanol–water partition coefficient (Wildman–Crippen LogP) is 5.20. The Morgan fingerprint density at radius 1 is 0.508 bits per heavy atom. The third-order valence-corrected chi connectivity index (χ3v) is 10.1. The number of rotatable bonds is 32. The Kier molecular flexibility index (Phi) is 32.0. The summed E-state index contributed by atoms with van der Waals surface area (Å²) < 4.78 is 33.3. The van der Waals surface area contributed by atoms with Crippen LogP contribution in [-0.2, 0) is 38.0 Å². The summed E-state index contributed by atoms with van der Waals surface area (Å²) in [4.78, 5) is 25.6. The fourth-order valence-corrected chi connectivity index (χ4v) is 6.35. The first-order chi connectivity index (χ1) is 31.5. The standard InChI is InChI=1S/C50H76O15/c1-3-5-7-9-11-13-15-17-18-19-21-22-24-26-28-30-32-41(52)60-35-38(63-42(53)33-31-29-27-25-23-20-16-14-12-10-8-6-4-2)36-61-49-48(59)46(57)44(55)40(65-49)37-62-50-47(58)45(56)43(54)39(34-51)64-50/h5-8,10-14,16-18,20-23,25,27,38-40,43-51,54-59H,3-4,9,15,19,24,26,28-37H2,1-2H3/b7-5+,8-6+,12-10+,13-11+,16-14+,18-17+,22-21+,23-20+,27-25+/t38?,39-,40-,43+,44+,45?,46?,47?,48?,49-,50-/m1/s1. The van der Waals surface area contributed by atoms with Gasteiger partial charge < -0.3 is 64.2 Å². The minimum Gasteiger partial charge on any atom is -0.462 e. The number of hydrogen-bond acceptors (Lipinski definition) is 15. The molecule has 0 aliphatic carbocycles. The molecule has 0 saturated carbocycles. The Balaban J connectivity index is 1.90. The van der Waals surface area contributed by atoms with Gasteiger partial charge in [0, 0.05) is 12.8 Å². The van der Waals surface area contributed by atoms with Crippen LogP contribution in [0.2, 0.25) is 0 Å². The van der Waals surface area contributed by atoms with Crippen LogP contribution in [0, 0.1) is 0 Å². The van der Waals surface area contributed by atoms with E-state index in [1.807, 2.05) is 54.7 Å². The monoisotopic (exact) mass is 917 g/mol. The zero-order valence-corrected chi connectivity index (χ0v) is 38.2. The van der Waals surface area contributed by atoms with Gasteiger partial charge in [-0.2, -0.15) is 0 Å². The van der Waals surface area contributed by atoms with Gasteiger partial charge in [-0.05, 0) is 64.2 Å². The van der Waals surface area contributed by atoms with E-state index in [1.54, 1.807) is 0 Å². The lowest BCUT2D eigenvalue weighted by atomic mass is 9.98. The van der Waals surface area contributed by atoms with Crippen molar-refractivity contribution < 1.29 is 73.8 Å². The molecule has 366 valence electrons. The van der Waals surface area contributed by atoms with E-state index in [-0.39, 0.29) is 19.4 Å². The fourth-order valence-electron chi connectivity index (χ4n) is 6.35. The van der Waals surface area contributed by atoms with E-state index in [4.69, 9.17) is 28.4 Å². The molecule has 2 aliphatic rings.